The topological polar surface area (TPSA) is 36.4 Å². The summed E-state index contributed by atoms with van der Waals surface area (Å²) in [7, 11) is 0. The molecule has 3 aromatic carbocycles. The zero-order chi connectivity index (χ0) is 26.3. The van der Waals surface area contributed by atoms with E-state index >= 15 is 0 Å². The number of rotatable bonds is 3. The monoisotopic (exact) mass is 523 g/mol. The van der Waals surface area contributed by atoms with Crippen LogP contribution < -0.4 is 4.90 Å². The molecule has 0 aliphatic carbocycles. The number of hydrogen-bond donors (Lipinski definition) is 0. The number of fused-ring (bicyclic) bond motifs is 1. The molecule has 4 aromatic rings. The molecule has 4 nitrogen and oxygen atoms in total. The molecule has 2 heterocycles. The maximum atomic E-state index is 13.8. The Kier molecular flexibility index (Phi) is 6.58. The van der Waals surface area contributed by atoms with Gasteiger partial charge in [0.15, 0.2) is 0 Å². The highest BCUT2D eigenvalue weighted by Crippen LogP contribution is 2.33. The Bertz CT molecular complexity index is 1490. The third-order valence-electron chi connectivity index (χ3n) is 6.76. The number of benzene rings is 3. The van der Waals surface area contributed by atoms with Crippen LogP contribution in [0.3, 0.4) is 0 Å². The molecule has 1 aliphatic heterocycles. The fourth-order valence-electron chi connectivity index (χ4n) is 4.83. The summed E-state index contributed by atoms with van der Waals surface area (Å²) >= 11 is 6.27. The fraction of sp³-hybridized carbons (Fsp3) is 0.241. The summed E-state index contributed by atoms with van der Waals surface area (Å²) in [5.41, 5.74) is 4.87. The van der Waals surface area contributed by atoms with Gasteiger partial charge in [-0.3, -0.25) is 4.79 Å². The standard InChI is InChI=1S/C29H25ClF3N3O/c1-18-6-8-23(19(2)14-18)27-17-25(24-16-21(30)7-9-26(24)34-27)28(37)36-12-10-35(11-13-36)22-5-3-4-20(15-22)29(31,32)33/h3-9,14-17H,10-13H2,1-2H3. The first-order chi connectivity index (χ1) is 17.6. The van der Waals surface area contributed by atoms with E-state index in [2.05, 4.69) is 6.07 Å². The highest BCUT2D eigenvalue weighted by atomic mass is 35.5. The van der Waals surface area contributed by atoms with Gasteiger partial charge in [0.1, 0.15) is 0 Å². The van der Waals surface area contributed by atoms with Gasteiger partial charge in [-0.1, -0.05) is 41.4 Å². The van der Waals surface area contributed by atoms with Crippen molar-refractivity contribution in [3.63, 3.8) is 0 Å². The van der Waals surface area contributed by atoms with E-state index in [-0.39, 0.29) is 5.91 Å². The maximum Gasteiger partial charge on any atom is 0.416 e. The Labute approximate surface area is 218 Å². The number of piperazine rings is 1. The van der Waals surface area contributed by atoms with Gasteiger partial charge in [0.05, 0.1) is 22.3 Å². The number of aryl methyl sites for hydroxylation is 2. The van der Waals surface area contributed by atoms with E-state index < -0.39 is 11.7 Å². The minimum absolute atomic E-state index is 0.149. The van der Waals surface area contributed by atoms with Crippen molar-refractivity contribution in [1.29, 1.82) is 0 Å². The van der Waals surface area contributed by atoms with E-state index in [0.717, 1.165) is 28.8 Å². The molecular weight excluding hydrogens is 499 g/mol. The van der Waals surface area contributed by atoms with Crippen LogP contribution >= 0.6 is 11.6 Å². The minimum Gasteiger partial charge on any atom is -0.368 e. The first-order valence-corrected chi connectivity index (χ1v) is 12.4. The molecule has 1 saturated heterocycles. The van der Waals surface area contributed by atoms with Gasteiger partial charge in [-0.05, 0) is 61.9 Å². The van der Waals surface area contributed by atoms with Crippen molar-refractivity contribution in [2.45, 2.75) is 20.0 Å². The lowest BCUT2D eigenvalue weighted by Gasteiger charge is -2.36. The van der Waals surface area contributed by atoms with Crippen LogP contribution in [0.5, 0.6) is 0 Å². The number of hydrogen-bond acceptors (Lipinski definition) is 3. The van der Waals surface area contributed by atoms with Crippen molar-refractivity contribution < 1.29 is 18.0 Å². The van der Waals surface area contributed by atoms with Crippen LogP contribution in [0.2, 0.25) is 5.02 Å². The molecule has 1 aromatic heterocycles. The van der Waals surface area contributed by atoms with Gasteiger partial charge in [0.2, 0.25) is 0 Å². The normalized spacial score (nSPS) is 14.3. The third kappa shape index (κ3) is 5.14. The minimum atomic E-state index is -4.40. The van der Waals surface area contributed by atoms with Crippen molar-refractivity contribution in [2.24, 2.45) is 0 Å². The number of alkyl halides is 3. The van der Waals surface area contributed by atoms with Crippen molar-refractivity contribution >= 4 is 34.1 Å². The summed E-state index contributed by atoms with van der Waals surface area (Å²) in [6.45, 7) is 5.68. The van der Waals surface area contributed by atoms with Crippen molar-refractivity contribution in [3.05, 3.63) is 94.0 Å². The van der Waals surface area contributed by atoms with Gasteiger partial charge in [0.25, 0.3) is 5.91 Å². The number of nitrogens with zero attached hydrogens (tertiary/aromatic N) is 3. The zero-order valence-electron chi connectivity index (χ0n) is 20.4. The first-order valence-electron chi connectivity index (χ1n) is 12.0. The van der Waals surface area contributed by atoms with Gasteiger partial charge in [-0.15, -0.1) is 0 Å². The van der Waals surface area contributed by atoms with E-state index in [4.69, 9.17) is 16.6 Å². The number of carbonyl (C=O) groups is 1. The molecule has 1 aliphatic rings. The average Bonchev–Trinajstić information content (AvgIpc) is 2.87. The number of anilines is 1. The van der Waals surface area contributed by atoms with E-state index in [0.29, 0.717) is 59.0 Å². The van der Waals surface area contributed by atoms with Gasteiger partial charge in [0, 0.05) is 47.8 Å². The number of aromatic nitrogens is 1. The van der Waals surface area contributed by atoms with Crippen LogP contribution in [-0.4, -0.2) is 42.0 Å². The molecular formula is C29H25ClF3N3O. The van der Waals surface area contributed by atoms with Crippen molar-refractivity contribution in [2.75, 3.05) is 31.1 Å². The third-order valence-corrected chi connectivity index (χ3v) is 7.00. The predicted octanol–water partition coefficient (Wildman–Crippen LogP) is 7.15. The summed E-state index contributed by atoms with van der Waals surface area (Å²) in [6, 6.07) is 18.6. The van der Waals surface area contributed by atoms with Crippen LogP contribution in [0.15, 0.2) is 66.7 Å². The Hall–Kier alpha value is -3.58. The molecule has 8 heteroatoms. The fourth-order valence-corrected chi connectivity index (χ4v) is 5.00. The quantitative estimate of drug-likeness (QED) is 0.286. The Morgan fingerprint density at radius 1 is 0.919 bits per heavy atom. The van der Waals surface area contributed by atoms with Crippen LogP contribution in [-0.2, 0) is 6.18 Å². The molecule has 1 fully saturated rings. The molecule has 1 amide bonds. The predicted molar refractivity (Wildman–Crippen MR) is 141 cm³/mol. The second-order valence-corrected chi connectivity index (χ2v) is 9.80. The molecule has 37 heavy (non-hydrogen) atoms. The Morgan fingerprint density at radius 3 is 2.38 bits per heavy atom. The van der Waals surface area contributed by atoms with E-state index in [1.54, 1.807) is 23.1 Å². The second-order valence-electron chi connectivity index (χ2n) is 9.36. The van der Waals surface area contributed by atoms with Crippen molar-refractivity contribution in [1.82, 2.24) is 9.88 Å². The molecule has 0 radical (unpaired) electrons. The summed E-state index contributed by atoms with van der Waals surface area (Å²) in [6.07, 6.45) is -4.40. The SMILES string of the molecule is Cc1ccc(-c2cc(C(=O)N3CCN(c4cccc(C(F)(F)F)c4)CC3)c3cc(Cl)ccc3n2)c(C)c1. The molecule has 0 bridgehead atoms. The van der Waals surface area contributed by atoms with Crippen LogP contribution in [0.4, 0.5) is 18.9 Å². The second kappa shape index (κ2) is 9.71. The maximum absolute atomic E-state index is 13.8. The van der Waals surface area contributed by atoms with E-state index in [1.165, 1.54) is 6.07 Å². The summed E-state index contributed by atoms with van der Waals surface area (Å²) in [5, 5.41) is 1.18. The van der Waals surface area contributed by atoms with Gasteiger partial charge in [-0.2, -0.15) is 13.2 Å². The zero-order valence-corrected chi connectivity index (χ0v) is 21.2. The molecule has 0 N–H and O–H groups in total. The first kappa shape index (κ1) is 25.1. The van der Waals surface area contributed by atoms with Gasteiger partial charge in [-0.25, -0.2) is 4.98 Å². The number of pyridine rings is 1. The Balaban J connectivity index is 1.44. The van der Waals surface area contributed by atoms with Crippen LogP contribution in [0.1, 0.15) is 27.0 Å². The van der Waals surface area contributed by atoms with Crippen LogP contribution in [0, 0.1) is 13.8 Å². The lowest BCUT2D eigenvalue weighted by molar-refractivity contribution is -0.137. The van der Waals surface area contributed by atoms with Crippen LogP contribution in [0.25, 0.3) is 22.2 Å². The smallest absolute Gasteiger partial charge is 0.368 e. The summed E-state index contributed by atoms with van der Waals surface area (Å²) < 4.78 is 39.5. The van der Waals surface area contributed by atoms with E-state index in [9.17, 15) is 18.0 Å². The Morgan fingerprint density at radius 2 is 1.68 bits per heavy atom. The average molecular weight is 524 g/mol. The molecule has 0 unspecified atom stereocenters. The lowest BCUT2D eigenvalue weighted by Crippen LogP contribution is -2.48. The number of halogens is 4. The molecule has 190 valence electrons. The number of amides is 1. The highest BCUT2D eigenvalue weighted by Gasteiger charge is 2.31. The molecule has 5 rings (SSSR count). The largest absolute Gasteiger partial charge is 0.416 e. The van der Waals surface area contributed by atoms with E-state index in [1.807, 2.05) is 43.0 Å². The summed E-state index contributed by atoms with van der Waals surface area (Å²) in [5.74, 6) is -0.149. The molecule has 0 spiro atoms. The highest BCUT2D eigenvalue weighted by molar-refractivity contribution is 6.31. The summed E-state index contributed by atoms with van der Waals surface area (Å²) in [4.78, 5) is 22.2. The van der Waals surface area contributed by atoms with Gasteiger partial charge >= 0.3 is 6.18 Å². The van der Waals surface area contributed by atoms with Crippen molar-refractivity contribution in [3.8, 4) is 11.3 Å². The molecule has 0 saturated carbocycles. The number of carbonyl (C=O) groups excluding carboxylic acids is 1. The lowest BCUT2D eigenvalue weighted by atomic mass is 9.99. The van der Waals surface area contributed by atoms with Gasteiger partial charge < -0.3 is 9.80 Å². The molecule has 0 atom stereocenters.